The maximum absolute atomic E-state index is 12.0. The Kier molecular flexibility index (Phi) is 4.81. The molecule has 8 heteroatoms. The van der Waals surface area contributed by atoms with Gasteiger partial charge in [0.2, 0.25) is 0 Å². The van der Waals surface area contributed by atoms with Crippen LogP contribution < -0.4 is 4.18 Å². The average Bonchev–Trinajstić information content (AvgIpc) is 2.45. The van der Waals surface area contributed by atoms with E-state index in [2.05, 4.69) is 0 Å². The fourth-order valence-corrected chi connectivity index (χ4v) is 3.26. The fraction of sp³-hybridized carbons (Fsp3) is 0.0714. The van der Waals surface area contributed by atoms with Crippen molar-refractivity contribution in [3.8, 4) is 17.6 Å². The number of nitrogens with zero attached hydrogens (tertiary/aromatic N) is 1. The van der Waals surface area contributed by atoms with Crippen LogP contribution in [0, 0.1) is 11.3 Å². The van der Waals surface area contributed by atoms with Crippen LogP contribution in [-0.4, -0.2) is 13.5 Å². The van der Waals surface area contributed by atoms with E-state index in [1.807, 2.05) is 6.07 Å². The highest BCUT2D eigenvalue weighted by atomic mass is 35.5. The first-order valence-electron chi connectivity index (χ1n) is 5.90. The molecule has 0 aliphatic heterocycles. The lowest BCUT2D eigenvalue weighted by Gasteiger charge is -2.09. The second-order valence-corrected chi connectivity index (χ2v) is 6.70. The normalized spacial score (nSPS) is 11.0. The Balaban J connectivity index is 2.21. The first kappa shape index (κ1) is 16.4. The van der Waals surface area contributed by atoms with Gasteiger partial charge < -0.3 is 9.29 Å². The molecule has 0 amide bonds. The summed E-state index contributed by atoms with van der Waals surface area (Å²) in [4.78, 5) is 0. The van der Waals surface area contributed by atoms with Crippen LogP contribution in [0.1, 0.15) is 11.1 Å². The molecule has 114 valence electrons. The van der Waals surface area contributed by atoms with E-state index in [0.717, 1.165) is 0 Å². The van der Waals surface area contributed by atoms with Crippen LogP contribution in [0.2, 0.25) is 10.0 Å². The number of phenolic OH excluding ortho intramolecular Hbond substituents is 1. The van der Waals surface area contributed by atoms with Gasteiger partial charge in [0.25, 0.3) is 0 Å². The first-order chi connectivity index (χ1) is 10.3. The fourth-order valence-electron chi connectivity index (χ4n) is 1.64. The Morgan fingerprint density at radius 1 is 1.14 bits per heavy atom. The van der Waals surface area contributed by atoms with Crippen molar-refractivity contribution in [2.45, 2.75) is 5.75 Å². The van der Waals surface area contributed by atoms with Crippen molar-refractivity contribution in [2.75, 3.05) is 0 Å². The van der Waals surface area contributed by atoms with Gasteiger partial charge in [0.05, 0.1) is 16.7 Å². The zero-order chi connectivity index (χ0) is 16.3. The van der Waals surface area contributed by atoms with Crippen LogP contribution in [0.15, 0.2) is 36.4 Å². The van der Waals surface area contributed by atoms with Gasteiger partial charge in [-0.25, -0.2) is 0 Å². The van der Waals surface area contributed by atoms with Crippen LogP contribution in [0.5, 0.6) is 11.5 Å². The second-order valence-electron chi connectivity index (χ2n) is 4.32. The van der Waals surface area contributed by atoms with E-state index in [-0.39, 0.29) is 27.1 Å². The van der Waals surface area contributed by atoms with Gasteiger partial charge in [-0.3, -0.25) is 0 Å². The monoisotopic (exact) mass is 357 g/mol. The van der Waals surface area contributed by atoms with Crippen molar-refractivity contribution in [3.05, 3.63) is 57.6 Å². The Morgan fingerprint density at radius 3 is 2.36 bits per heavy atom. The van der Waals surface area contributed by atoms with E-state index in [1.165, 1.54) is 36.4 Å². The molecule has 0 bridgehead atoms. The molecular weight excluding hydrogens is 349 g/mol. The highest BCUT2D eigenvalue weighted by Gasteiger charge is 2.18. The summed E-state index contributed by atoms with van der Waals surface area (Å²) in [6.45, 7) is 0. The molecule has 5 nitrogen and oxygen atoms in total. The highest BCUT2D eigenvalue weighted by molar-refractivity contribution is 7.86. The van der Waals surface area contributed by atoms with E-state index >= 15 is 0 Å². The third-order valence-electron chi connectivity index (χ3n) is 2.65. The highest BCUT2D eigenvalue weighted by Crippen LogP contribution is 2.31. The van der Waals surface area contributed by atoms with Gasteiger partial charge in [-0.05, 0) is 42.0 Å². The smallest absolute Gasteiger partial charge is 0.313 e. The molecule has 2 aromatic carbocycles. The van der Waals surface area contributed by atoms with Crippen LogP contribution in [0.25, 0.3) is 0 Å². The average molecular weight is 358 g/mol. The number of benzene rings is 2. The Labute approximate surface area is 137 Å². The standard InChI is InChI=1S/C14H9Cl2NO4S/c15-12-6-13(16)14(18)5-10(12)8-22(19,20)21-11-3-1-9(7-17)2-4-11/h1-6,18H,8H2. The number of phenols is 1. The van der Waals surface area contributed by atoms with Crippen LogP contribution >= 0.6 is 23.2 Å². The SMILES string of the molecule is N#Cc1ccc(OS(=O)(=O)Cc2cc(O)c(Cl)cc2Cl)cc1. The van der Waals surface area contributed by atoms with Crippen molar-refractivity contribution in [3.63, 3.8) is 0 Å². The van der Waals surface area contributed by atoms with Crippen molar-refractivity contribution in [1.29, 1.82) is 5.26 Å². The Morgan fingerprint density at radius 2 is 1.77 bits per heavy atom. The van der Waals surface area contributed by atoms with Gasteiger partial charge >= 0.3 is 10.1 Å². The minimum absolute atomic E-state index is 0.0270. The summed E-state index contributed by atoms with van der Waals surface area (Å²) in [5, 5.41) is 18.3. The molecule has 0 aromatic heterocycles. The first-order valence-corrected chi connectivity index (χ1v) is 8.23. The summed E-state index contributed by atoms with van der Waals surface area (Å²) < 4.78 is 28.9. The van der Waals surface area contributed by atoms with Crippen molar-refractivity contribution >= 4 is 33.3 Å². The predicted molar refractivity (Wildman–Crippen MR) is 82.5 cm³/mol. The zero-order valence-electron chi connectivity index (χ0n) is 11.0. The number of rotatable bonds is 4. The van der Waals surface area contributed by atoms with Crippen molar-refractivity contribution in [1.82, 2.24) is 0 Å². The third-order valence-corrected chi connectivity index (χ3v) is 4.42. The molecule has 0 atom stereocenters. The quantitative estimate of drug-likeness (QED) is 0.846. The molecule has 0 aliphatic rings. The molecule has 0 fully saturated rings. The summed E-state index contributed by atoms with van der Waals surface area (Å²) in [5.41, 5.74) is 0.549. The number of nitriles is 1. The van der Waals surface area contributed by atoms with Gasteiger partial charge in [0.15, 0.2) is 0 Å². The molecule has 0 unspecified atom stereocenters. The van der Waals surface area contributed by atoms with E-state index in [0.29, 0.717) is 5.56 Å². The molecule has 0 heterocycles. The van der Waals surface area contributed by atoms with Gasteiger partial charge in [0.1, 0.15) is 17.3 Å². The van der Waals surface area contributed by atoms with Gasteiger partial charge in [0, 0.05) is 5.02 Å². The van der Waals surface area contributed by atoms with E-state index in [4.69, 9.17) is 32.6 Å². The molecule has 2 aromatic rings. The largest absolute Gasteiger partial charge is 0.506 e. The summed E-state index contributed by atoms with van der Waals surface area (Å²) in [7, 11) is -3.98. The Bertz CT molecular complexity index is 842. The molecule has 22 heavy (non-hydrogen) atoms. The van der Waals surface area contributed by atoms with E-state index in [1.54, 1.807) is 0 Å². The van der Waals surface area contributed by atoms with Gasteiger partial charge in [-0.15, -0.1) is 0 Å². The van der Waals surface area contributed by atoms with Crippen molar-refractivity contribution in [2.24, 2.45) is 0 Å². The van der Waals surface area contributed by atoms with E-state index in [9.17, 15) is 13.5 Å². The van der Waals surface area contributed by atoms with Crippen molar-refractivity contribution < 1.29 is 17.7 Å². The lowest BCUT2D eigenvalue weighted by atomic mass is 10.2. The maximum atomic E-state index is 12.0. The molecule has 0 radical (unpaired) electrons. The summed E-state index contributed by atoms with van der Waals surface area (Å²) in [5.74, 6) is -0.723. The van der Waals surface area contributed by atoms with Gasteiger partial charge in [-0.1, -0.05) is 23.2 Å². The topological polar surface area (TPSA) is 87.4 Å². The predicted octanol–water partition coefficient (Wildman–Crippen LogP) is 3.48. The molecule has 0 saturated heterocycles. The lowest BCUT2D eigenvalue weighted by Crippen LogP contribution is -2.12. The number of aromatic hydroxyl groups is 1. The van der Waals surface area contributed by atoms with Crippen LogP contribution in [0.4, 0.5) is 0 Å². The zero-order valence-corrected chi connectivity index (χ0v) is 13.3. The third kappa shape index (κ3) is 4.04. The minimum Gasteiger partial charge on any atom is -0.506 e. The second kappa shape index (κ2) is 6.44. The molecule has 2 rings (SSSR count). The number of hydrogen-bond donors (Lipinski definition) is 1. The summed E-state index contributed by atoms with van der Waals surface area (Å²) in [6.07, 6.45) is 0. The molecule has 0 aliphatic carbocycles. The van der Waals surface area contributed by atoms with Crippen LogP contribution in [0.3, 0.4) is 0 Å². The molecular formula is C14H9Cl2NO4S. The molecule has 1 N–H and O–H groups in total. The summed E-state index contributed by atoms with van der Waals surface area (Å²) in [6, 6.07) is 9.96. The summed E-state index contributed by atoms with van der Waals surface area (Å²) >= 11 is 11.6. The Hall–Kier alpha value is -1.94. The molecule has 0 saturated carbocycles. The minimum atomic E-state index is -3.98. The maximum Gasteiger partial charge on any atom is 0.313 e. The van der Waals surface area contributed by atoms with E-state index < -0.39 is 15.9 Å². The molecule has 0 spiro atoms. The van der Waals surface area contributed by atoms with Gasteiger partial charge in [-0.2, -0.15) is 13.7 Å². The lowest BCUT2D eigenvalue weighted by molar-refractivity contribution is 0.474. The number of hydrogen-bond acceptors (Lipinski definition) is 5. The number of halogens is 2. The van der Waals surface area contributed by atoms with Crippen LogP contribution in [-0.2, 0) is 15.9 Å².